The second-order valence-corrected chi connectivity index (χ2v) is 4.29. The maximum atomic E-state index is 10.7. The Hall–Kier alpha value is -0.220. The first-order valence-electron chi connectivity index (χ1n) is 3.63. The Kier molecular flexibility index (Phi) is 1.61. The van der Waals surface area contributed by atoms with Gasteiger partial charge in [-0.2, -0.15) is 11.8 Å². The molecular formula is C7H10O3S. The number of hydrogen-bond donors (Lipinski definition) is 1. The molecule has 0 aromatic rings. The lowest BCUT2D eigenvalue weighted by Gasteiger charge is -2.40. The molecule has 1 atom stereocenters. The Morgan fingerprint density at radius 3 is 2.73 bits per heavy atom. The second-order valence-electron chi connectivity index (χ2n) is 3.26. The van der Waals surface area contributed by atoms with E-state index in [-0.39, 0.29) is 11.3 Å². The third-order valence-electron chi connectivity index (χ3n) is 2.49. The minimum atomic E-state index is -0.654. The van der Waals surface area contributed by atoms with Gasteiger partial charge in [0.05, 0.1) is 19.1 Å². The molecule has 2 heterocycles. The number of thioether (sulfide) groups is 1. The lowest BCUT2D eigenvalue weighted by Crippen LogP contribution is -2.50. The lowest BCUT2D eigenvalue weighted by molar-refractivity contribution is -0.164. The van der Waals surface area contributed by atoms with E-state index >= 15 is 0 Å². The van der Waals surface area contributed by atoms with Crippen LogP contribution in [0.4, 0.5) is 0 Å². The van der Waals surface area contributed by atoms with Gasteiger partial charge in [0.25, 0.3) is 0 Å². The monoisotopic (exact) mass is 174 g/mol. The molecule has 1 unspecified atom stereocenters. The summed E-state index contributed by atoms with van der Waals surface area (Å²) >= 11 is 1.73. The van der Waals surface area contributed by atoms with E-state index < -0.39 is 5.97 Å². The Morgan fingerprint density at radius 1 is 1.64 bits per heavy atom. The molecule has 0 bridgehead atoms. The molecule has 2 fully saturated rings. The van der Waals surface area contributed by atoms with E-state index in [4.69, 9.17) is 9.84 Å². The fraction of sp³-hybridized carbons (Fsp3) is 0.857. The zero-order chi connectivity index (χ0) is 7.90. The molecular weight excluding hydrogens is 164 g/mol. The second kappa shape index (κ2) is 2.38. The standard InChI is InChI=1S/C7H10O3S/c8-6(9)5-1-11-4-7(5)2-10-3-7/h5H,1-4H2,(H,8,9). The van der Waals surface area contributed by atoms with E-state index in [9.17, 15) is 4.79 Å². The molecule has 0 aromatic heterocycles. The Morgan fingerprint density at radius 2 is 2.36 bits per heavy atom. The molecule has 2 rings (SSSR count). The number of carbonyl (C=O) groups is 1. The topological polar surface area (TPSA) is 46.5 Å². The smallest absolute Gasteiger partial charge is 0.308 e. The summed E-state index contributed by atoms with van der Waals surface area (Å²) in [6, 6.07) is 0. The molecule has 0 radical (unpaired) electrons. The van der Waals surface area contributed by atoms with Crippen molar-refractivity contribution in [2.24, 2.45) is 11.3 Å². The first-order chi connectivity index (χ1) is 5.25. The Labute approximate surface area is 69.1 Å². The minimum absolute atomic E-state index is 0.00347. The van der Waals surface area contributed by atoms with Gasteiger partial charge in [0.15, 0.2) is 0 Å². The van der Waals surface area contributed by atoms with Gasteiger partial charge in [-0.05, 0) is 0 Å². The number of ether oxygens (including phenoxy) is 1. The molecule has 0 amide bonds. The first kappa shape index (κ1) is 7.43. The molecule has 0 aromatic carbocycles. The Bertz CT molecular complexity index is 188. The van der Waals surface area contributed by atoms with Gasteiger partial charge in [-0.25, -0.2) is 0 Å². The number of hydrogen-bond acceptors (Lipinski definition) is 3. The fourth-order valence-electron chi connectivity index (χ4n) is 1.64. The molecule has 1 spiro atoms. The van der Waals surface area contributed by atoms with Crippen molar-refractivity contribution < 1.29 is 14.6 Å². The van der Waals surface area contributed by atoms with Crippen LogP contribution in [0.1, 0.15) is 0 Å². The van der Waals surface area contributed by atoms with Gasteiger partial charge in [-0.15, -0.1) is 0 Å². The maximum Gasteiger partial charge on any atom is 0.308 e. The van der Waals surface area contributed by atoms with Crippen molar-refractivity contribution in [3.05, 3.63) is 0 Å². The van der Waals surface area contributed by atoms with Crippen LogP contribution in [0.15, 0.2) is 0 Å². The van der Waals surface area contributed by atoms with Crippen molar-refractivity contribution in [1.29, 1.82) is 0 Å². The number of carboxylic acid groups (broad SMARTS) is 1. The van der Waals surface area contributed by atoms with Crippen LogP contribution in [-0.4, -0.2) is 35.8 Å². The number of carboxylic acids is 1. The average Bonchev–Trinajstić information content (AvgIpc) is 2.27. The van der Waals surface area contributed by atoms with Gasteiger partial charge < -0.3 is 9.84 Å². The highest BCUT2D eigenvalue weighted by atomic mass is 32.2. The van der Waals surface area contributed by atoms with Crippen molar-refractivity contribution in [1.82, 2.24) is 0 Å². The summed E-state index contributed by atoms with van der Waals surface area (Å²) in [5, 5.41) is 8.84. The van der Waals surface area contributed by atoms with Crippen LogP contribution in [0.2, 0.25) is 0 Å². The highest BCUT2D eigenvalue weighted by Crippen LogP contribution is 2.46. The third-order valence-corrected chi connectivity index (χ3v) is 3.84. The molecule has 11 heavy (non-hydrogen) atoms. The third kappa shape index (κ3) is 0.964. The summed E-state index contributed by atoms with van der Waals surface area (Å²) < 4.78 is 5.06. The fourth-order valence-corrected chi connectivity index (χ4v) is 3.26. The molecule has 4 heteroatoms. The predicted molar refractivity (Wildman–Crippen MR) is 41.7 cm³/mol. The van der Waals surface area contributed by atoms with Crippen molar-refractivity contribution in [2.45, 2.75) is 0 Å². The zero-order valence-electron chi connectivity index (χ0n) is 6.08. The molecule has 1 N–H and O–H groups in total. The van der Waals surface area contributed by atoms with E-state index in [0.717, 1.165) is 11.5 Å². The lowest BCUT2D eigenvalue weighted by atomic mass is 9.76. The quantitative estimate of drug-likeness (QED) is 0.627. The van der Waals surface area contributed by atoms with Crippen LogP contribution in [0.25, 0.3) is 0 Å². The molecule has 0 aliphatic carbocycles. The average molecular weight is 174 g/mol. The van der Waals surface area contributed by atoms with Crippen LogP contribution in [0.3, 0.4) is 0 Å². The number of rotatable bonds is 1. The highest BCUT2D eigenvalue weighted by Gasteiger charge is 2.52. The Balaban J connectivity index is 2.13. The van der Waals surface area contributed by atoms with Crippen molar-refractivity contribution in [2.75, 3.05) is 24.7 Å². The summed E-state index contributed by atoms with van der Waals surface area (Å²) in [7, 11) is 0. The summed E-state index contributed by atoms with van der Waals surface area (Å²) in [6.45, 7) is 1.30. The van der Waals surface area contributed by atoms with E-state index in [1.807, 2.05) is 0 Å². The zero-order valence-corrected chi connectivity index (χ0v) is 6.89. The van der Waals surface area contributed by atoms with E-state index in [1.54, 1.807) is 11.8 Å². The largest absolute Gasteiger partial charge is 0.481 e. The van der Waals surface area contributed by atoms with Gasteiger partial charge in [-0.3, -0.25) is 4.79 Å². The first-order valence-corrected chi connectivity index (χ1v) is 4.78. The van der Waals surface area contributed by atoms with E-state index in [2.05, 4.69) is 0 Å². The normalized spacial score (nSPS) is 33.6. The highest BCUT2D eigenvalue weighted by molar-refractivity contribution is 7.99. The van der Waals surface area contributed by atoms with Crippen molar-refractivity contribution in [3.8, 4) is 0 Å². The predicted octanol–water partition coefficient (Wildman–Crippen LogP) is 0.451. The molecule has 3 nitrogen and oxygen atoms in total. The van der Waals surface area contributed by atoms with Crippen LogP contribution in [-0.2, 0) is 9.53 Å². The van der Waals surface area contributed by atoms with E-state index in [1.165, 1.54) is 0 Å². The van der Waals surface area contributed by atoms with Gasteiger partial charge in [0, 0.05) is 16.9 Å². The van der Waals surface area contributed by atoms with Crippen LogP contribution in [0, 0.1) is 11.3 Å². The molecule has 2 aliphatic heterocycles. The van der Waals surface area contributed by atoms with Crippen molar-refractivity contribution >= 4 is 17.7 Å². The molecule has 2 saturated heterocycles. The summed E-state index contributed by atoms with van der Waals surface area (Å²) in [4.78, 5) is 10.7. The van der Waals surface area contributed by atoms with E-state index in [0.29, 0.717) is 13.2 Å². The van der Waals surface area contributed by atoms with Gasteiger partial charge in [0.2, 0.25) is 0 Å². The van der Waals surface area contributed by atoms with Crippen LogP contribution >= 0.6 is 11.8 Å². The minimum Gasteiger partial charge on any atom is -0.481 e. The van der Waals surface area contributed by atoms with Gasteiger partial charge in [-0.1, -0.05) is 0 Å². The SMILES string of the molecule is O=C(O)C1CSCC12COC2. The summed E-state index contributed by atoms with van der Waals surface area (Å²) in [5.74, 6) is 0.905. The van der Waals surface area contributed by atoms with Crippen LogP contribution < -0.4 is 0 Å². The molecule has 2 aliphatic rings. The van der Waals surface area contributed by atoms with Gasteiger partial charge in [0.1, 0.15) is 0 Å². The molecule has 62 valence electrons. The van der Waals surface area contributed by atoms with Crippen LogP contribution in [0.5, 0.6) is 0 Å². The summed E-state index contributed by atoms with van der Waals surface area (Å²) in [5.41, 5.74) is -0.00347. The maximum absolute atomic E-state index is 10.7. The van der Waals surface area contributed by atoms with Gasteiger partial charge >= 0.3 is 5.97 Å². The summed E-state index contributed by atoms with van der Waals surface area (Å²) in [6.07, 6.45) is 0. The number of aliphatic carboxylic acids is 1. The van der Waals surface area contributed by atoms with Crippen molar-refractivity contribution in [3.63, 3.8) is 0 Å². The molecule has 0 saturated carbocycles.